The number of ether oxygens (including phenoxy) is 1. The highest BCUT2D eigenvalue weighted by Gasteiger charge is 2.30. The van der Waals surface area contributed by atoms with Crippen LogP contribution in [-0.2, 0) is 22.4 Å². The molecule has 1 fully saturated rings. The smallest absolute Gasteiger partial charge is 0.309 e. The fraction of sp³-hybridized carbons (Fsp3) is 0.636. The number of anilines is 1. The van der Waals surface area contributed by atoms with Gasteiger partial charge in [-0.15, -0.1) is 0 Å². The molecule has 0 heterocycles. The largest absolute Gasteiger partial charge is 0.460 e. The van der Waals surface area contributed by atoms with Crippen molar-refractivity contribution >= 4 is 17.6 Å². The minimum Gasteiger partial charge on any atom is -0.460 e. The Morgan fingerprint density at radius 3 is 2.56 bits per heavy atom. The highest BCUT2D eigenvalue weighted by Crippen LogP contribution is 2.30. The van der Waals surface area contributed by atoms with Gasteiger partial charge in [0, 0.05) is 5.69 Å². The average molecular weight is 372 g/mol. The third kappa shape index (κ3) is 5.47. The van der Waals surface area contributed by atoms with Gasteiger partial charge in [0.25, 0.3) is 0 Å². The maximum atomic E-state index is 12.2. The van der Waals surface area contributed by atoms with Gasteiger partial charge in [0.15, 0.2) is 5.96 Å². The number of nitrogens with one attached hydrogen (secondary N) is 1. The first kappa shape index (κ1) is 19.7. The Labute approximate surface area is 162 Å². The van der Waals surface area contributed by atoms with E-state index in [9.17, 15) is 4.79 Å². The summed E-state index contributed by atoms with van der Waals surface area (Å²) < 4.78 is 5.51. The zero-order valence-corrected chi connectivity index (χ0v) is 16.9. The summed E-state index contributed by atoms with van der Waals surface area (Å²) in [6.45, 7) is 5.74. The molecule has 0 aliphatic heterocycles. The van der Waals surface area contributed by atoms with E-state index in [1.165, 1.54) is 24.0 Å². The molecule has 2 aliphatic rings. The molecule has 1 saturated carbocycles. The average Bonchev–Trinajstić information content (AvgIpc) is 2.61. The third-order valence-electron chi connectivity index (χ3n) is 5.42. The number of nitrogens with zero attached hydrogens (tertiary/aromatic N) is 1. The SMILES string of the molecule is CC(C)(C)OC(=O)C1CCC(N=C(N)Nc2cccc3c2CCCC3)CC1. The molecule has 0 saturated heterocycles. The lowest BCUT2D eigenvalue weighted by atomic mass is 9.86. The number of hydrogen-bond donors (Lipinski definition) is 2. The first-order valence-electron chi connectivity index (χ1n) is 10.3. The van der Waals surface area contributed by atoms with Crippen LogP contribution in [0.2, 0.25) is 0 Å². The lowest BCUT2D eigenvalue weighted by molar-refractivity contribution is -0.161. The molecular formula is C22H33N3O2. The summed E-state index contributed by atoms with van der Waals surface area (Å²) in [7, 11) is 0. The molecule has 2 aliphatic carbocycles. The van der Waals surface area contributed by atoms with Gasteiger partial charge in [-0.2, -0.15) is 0 Å². The van der Waals surface area contributed by atoms with Crippen LogP contribution in [0.15, 0.2) is 23.2 Å². The number of benzene rings is 1. The van der Waals surface area contributed by atoms with Crippen molar-refractivity contribution in [2.75, 3.05) is 5.32 Å². The lowest BCUT2D eigenvalue weighted by Gasteiger charge is -2.28. The fourth-order valence-corrected chi connectivity index (χ4v) is 4.09. The van der Waals surface area contributed by atoms with E-state index in [1.807, 2.05) is 20.8 Å². The Hall–Kier alpha value is -2.04. The van der Waals surface area contributed by atoms with Crippen molar-refractivity contribution in [3.63, 3.8) is 0 Å². The molecule has 0 bridgehead atoms. The van der Waals surface area contributed by atoms with Crippen LogP contribution in [0.1, 0.15) is 70.4 Å². The number of carbonyl (C=O) groups is 1. The number of fused-ring (bicyclic) bond motifs is 1. The number of aryl methyl sites for hydroxylation is 1. The summed E-state index contributed by atoms with van der Waals surface area (Å²) in [5, 5.41) is 3.32. The van der Waals surface area contributed by atoms with E-state index in [0.717, 1.165) is 44.2 Å². The van der Waals surface area contributed by atoms with Gasteiger partial charge in [-0.25, -0.2) is 4.99 Å². The number of hydrogen-bond acceptors (Lipinski definition) is 3. The molecule has 27 heavy (non-hydrogen) atoms. The standard InChI is InChI=1S/C22H33N3O2/c1-22(2,3)27-20(26)16-11-13-17(14-12-16)24-21(23)25-19-10-6-8-15-7-4-5-9-18(15)19/h6,8,10,16-17H,4-5,7,9,11-14H2,1-3H3,(H3,23,24,25). The molecule has 5 nitrogen and oxygen atoms in total. The fourth-order valence-electron chi connectivity index (χ4n) is 4.09. The van der Waals surface area contributed by atoms with Crippen LogP contribution < -0.4 is 11.1 Å². The molecule has 0 atom stereocenters. The van der Waals surface area contributed by atoms with E-state index in [2.05, 4.69) is 28.5 Å². The number of guanidine groups is 1. The summed E-state index contributed by atoms with van der Waals surface area (Å²) >= 11 is 0. The molecule has 0 radical (unpaired) electrons. The molecule has 3 N–H and O–H groups in total. The molecular weight excluding hydrogens is 338 g/mol. The minimum atomic E-state index is -0.421. The quantitative estimate of drug-likeness (QED) is 0.474. The first-order valence-corrected chi connectivity index (χ1v) is 10.3. The summed E-state index contributed by atoms with van der Waals surface area (Å²) in [4.78, 5) is 16.9. The van der Waals surface area contributed by atoms with E-state index in [-0.39, 0.29) is 17.9 Å². The molecule has 0 aromatic heterocycles. The maximum absolute atomic E-state index is 12.2. The van der Waals surface area contributed by atoms with Gasteiger partial charge in [-0.1, -0.05) is 12.1 Å². The summed E-state index contributed by atoms with van der Waals surface area (Å²) in [6.07, 6.45) is 8.13. The Kier molecular flexibility index (Phi) is 6.08. The molecule has 1 aromatic rings. The van der Waals surface area contributed by atoms with Crippen molar-refractivity contribution in [3.05, 3.63) is 29.3 Å². The predicted octanol–water partition coefficient (Wildman–Crippen LogP) is 4.19. The van der Waals surface area contributed by atoms with Gasteiger partial charge in [0.2, 0.25) is 0 Å². The van der Waals surface area contributed by atoms with Crippen LogP contribution in [-0.4, -0.2) is 23.6 Å². The third-order valence-corrected chi connectivity index (χ3v) is 5.42. The van der Waals surface area contributed by atoms with Gasteiger partial charge in [0.1, 0.15) is 5.60 Å². The Morgan fingerprint density at radius 2 is 1.85 bits per heavy atom. The highest BCUT2D eigenvalue weighted by molar-refractivity contribution is 5.93. The summed E-state index contributed by atoms with van der Waals surface area (Å²) in [5.41, 5.74) is 9.68. The first-order chi connectivity index (χ1) is 12.8. The van der Waals surface area contributed by atoms with Crippen LogP contribution in [0, 0.1) is 5.92 Å². The van der Waals surface area contributed by atoms with E-state index >= 15 is 0 Å². The minimum absolute atomic E-state index is 0.00833. The second kappa shape index (κ2) is 8.32. The van der Waals surface area contributed by atoms with Gasteiger partial charge < -0.3 is 15.8 Å². The van der Waals surface area contributed by atoms with Crippen LogP contribution in [0.25, 0.3) is 0 Å². The van der Waals surface area contributed by atoms with Crippen molar-refractivity contribution < 1.29 is 9.53 Å². The normalized spacial score (nSPS) is 23.4. The molecule has 1 aromatic carbocycles. The highest BCUT2D eigenvalue weighted by atomic mass is 16.6. The zero-order chi connectivity index (χ0) is 19.4. The second-order valence-corrected chi connectivity index (χ2v) is 8.83. The Balaban J connectivity index is 1.55. The monoisotopic (exact) mass is 371 g/mol. The van der Waals surface area contributed by atoms with Crippen LogP contribution in [0.5, 0.6) is 0 Å². The van der Waals surface area contributed by atoms with E-state index < -0.39 is 5.60 Å². The van der Waals surface area contributed by atoms with Crippen molar-refractivity contribution in [3.8, 4) is 0 Å². The van der Waals surface area contributed by atoms with Gasteiger partial charge >= 0.3 is 5.97 Å². The molecule has 0 amide bonds. The maximum Gasteiger partial charge on any atom is 0.309 e. The number of aliphatic imine (C=N–C) groups is 1. The number of rotatable bonds is 3. The Bertz CT molecular complexity index is 698. The van der Waals surface area contributed by atoms with Gasteiger partial charge in [-0.05, 0) is 89.3 Å². The summed E-state index contributed by atoms with van der Waals surface area (Å²) in [6, 6.07) is 6.57. The predicted molar refractivity (Wildman–Crippen MR) is 110 cm³/mol. The lowest BCUT2D eigenvalue weighted by Crippen LogP contribution is -2.32. The van der Waals surface area contributed by atoms with Gasteiger partial charge in [-0.3, -0.25) is 4.79 Å². The molecule has 148 valence electrons. The summed E-state index contributed by atoms with van der Waals surface area (Å²) in [5.74, 6) is 0.396. The van der Waals surface area contributed by atoms with Crippen LogP contribution in [0.4, 0.5) is 5.69 Å². The van der Waals surface area contributed by atoms with E-state index in [4.69, 9.17) is 10.5 Å². The van der Waals surface area contributed by atoms with Crippen molar-refractivity contribution in [1.29, 1.82) is 0 Å². The van der Waals surface area contributed by atoms with Crippen molar-refractivity contribution in [2.24, 2.45) is 16.6 Å². The van der Waals surface area contributed by atoms with E-state index in [0.29, 0.717) is 5.96 Å². The second-order valence-electron chi connectivity index (χ2n) is 8.83. The number of nitrogens with two attached hydrogens (primary N) is 1. The molecule has 5 heteroatoms. The van der Waals surface area contributed by atoms with Crippen LogP contribution >= 0.6 is 0 Å². The molecule has 0 unspecified atom stereocenters. The van der Waals surface area contributed by atoms with Gasteiger partial charge in [0.05, 0.1) is 12.0 Å². The topological polar surface area (TPSA) is 76.7 Å². The number of carbonyl (C=O) groups excluding carboxylic acids is 1. The van der Waals surface area contributed by atoms with Crippen LogP contribution in [0.3, 0.4) is 0 Å². The number of esters is 1. The van der Waals surface area contributed by atoms with E-state index in [1.54, 1.807) is 0 Å². The molecule has 0 spiro atoms. The Morgan fingerprint density at radius 1 is 1.15 bits per heavy atom. The molecule has 3 rings (SSSR count). The zero-order valence-electron chi connectivity index (χ0n) is 16.9. The van der Waals surface area contributed by atoms with Crippen molar-refractivity contribution in [1.82, 2.24) is 0 Å². The van der Waals surface area contributed by atoms with Crippen molar-refractivity contribution in [2.45, 2.75) is 83.8 Å².